The molecule has 1 aliphatic rings. The average molecular weight is 1890 g/mol. The van der Waals surface area contributed by atoms with Gasteiger partial charge in [0.25, 0.3) is 47.3 Å². The first-order chi connectivity index (χ1) is 67.5. The highest BCUT2D eigenvalue weighted by Crippen LogP contribution is 2.24. The van der Waals surface area contributed by atoms with Gasteiger partial charge in [-0.2, -0.15) is 0 Å². The second kappa shape index (κ2) is 48.3. The predicted molar refractivity (Wildman–Crippen MR) is 526 cm³/mol. The Morgan fingerprint density at radius 1 is 0.186 bits per heavy atom. The Kier molecular flexibility index (Phi) is 34.4. The molecule has 0 radical (unpaired) electrons. The molecule has 8 atom stereocenters. The van der Waals surface area contributed by atoms with Crippen LogP contribution in [0.15, 0.2) is 315 Å². The summed E-state index contributed by atoms with van der Waals surface area (Å²) in [6.45, 7) is 5.06. The fraction of sp³-hybridized carbons (Fsp3) is 0.170. The molecule has 0 spiro atoms. The van der Waals surface area contributed by atoms with Gasteiger partial charge in [-0.25, -0.2) is 0 Å². The molecule has 16 N–H and O–H groups in total. The number of rotatable bonds is 12. The minimum absolute atomic E-state index is 0.00501. The van der Waals surface area contributed by atoms with Gasteiger partial charge < -0.3 is 94.5 Å². The Morgan fingerprint density at radius 2 is 0.357 bits per heavy atom. The fourth-order valence-corrected chi connectivity index (χ4v) is 14.4. The van der Waals surface area contributed by atoms with Crippen LogP contribution in [-0.2, 0) is 73.9 Å². The molecule has 0 saturated carbocycles. The first kappa shape index (κ1) is 99.6. The van der Waals surface area contributed by atoms with Gasteiger partial charge in [0.1, 0.15) is 48.3 Å². The number of benzene rings is 12. The average Bonchev–Trinajstić information content (AvgIpc) is 0.919. The molecule has 34 nitrogen and oxygen atoms in total. The lowest BCUT2D eigenvalue weighted by Crippen LogP contribution is -2.47. The summed E-state index contributed by atoms with van der Waals surface area (Å²) in [4.78, 5) is 225. The van der Waals surface area contributed by atoms with Crippen molar-refractivity contribution in [1.29, 1.82) is 0 Å². The summed E-state index contributed by atoms with van der Waals surface area (Å²) in [5, 5.41) is 43.5. The van der Waals surface area contributed by atoms with E-state index in [4.69, 9.17) is 9.47 Å². The Bertz CT molecular complexity index is 6220. The highest BCUT2D eigenvalue weighted by Gasteiger charge is 2.31. The highest BCUT2D eigenvalue weighted by atomic mass is 16.5. The molecular weight excluding hydrogens is 1790 g/mol. The number of amides is 16. The summed E-state index contributed by atoms with van der Waals surface area (Å²) >= 11 is 0. The summed E-state index contributed by atoms with van der Waals surface area (Å²) < 4.78 is 12.0. The quantitative estimate of drug-likeness (QED) is 0.0540. The van der Waals surface area contributed by atoms with Gasteiger partial charge in [-0.1, -0.05) is 170 Å². The molecule has 0 saturated heterocycles. The second-order valence-corrected chi connectivity index (χ2v) is 32.8. The van der Waals surface area contributed by atoms with Gasteiger partial charge in [-0.3, -0.25) is 76.7 Å². The van der Waals surface area contributed by atoms with Crippen molar-refractivity contribution in [3.63, 3.8) is 0 Å². The maximum absolute atomic E-state index is 14.5. The van der Waals surface area contributed by atoms with Crippen LogP contribution in [0.25, 0.3) is 0 Å². The first-order valence-corrected chi connectivity index (χ1v) is 44.6. The molecule has 1 aliphatic heterocycles. The topological polar surface area (TPSA) is 484 Å². The van der Waals surface area contributed by atoms with Crippen molar-refractivity contribution in [3.8, 4) is 0 Å². The maximum Gasteiger partial charge on any atom is 0.252 e. The number of carbonyl (C=O) groups is 16. The lowest BCUT2D eigenvalue weighted by Gasteiger charge is -2.20. The summed E-state index contributed by atoms with van der Waals surface area (Å²) in [7, 11) is 0. The van der Waals surface area contributed by atoms with E-state index < -0.39 is 143 Å². The number of anilines is 8. The number of ether oxygens (including phenoxy) is 2. The third-order valence-electron chi connectivity index (χ3n) is 21.9. The van der Waals surface area contributed by atoms with E-state index in [1.165, 1.54) is 222 Å². The summed E-state index contributed by atoms with van der Waals surface area (Å²) in [5.41, 5.74) is 4.06. The Hall–Kier alpha value is -17.9. The van der Waals surface area contributed by atoms with Crippen LogP contribution in [0.1, 0.15) is 133 Å². The highest BCUT2D eigenvalue weighted by molar-refractivity contribution is 6.10. The van der Waals surface area contributed by atoms with Crippen LogP contribution in [0, 0.1) is 0 Å². The fourth-order valence-electron chi connectivity index (χ4n) is 14.4. The smallest absolute Gasteiger partial charge is 0.252 e. The zero-order chi connectivity index (χ0) is 99.1. The summed E-state index contributed by atoms with van der Waals surface area (Å²) in [6.07, 6.45) is -0.0255. The standard InChI is InChI=1S/C106H100N16O18/c1-63-91(123)111-79-41-17-33-71(51-79)95(127)107-65(3)93(125)113-81-43-21-37-75(55-81)99(131)119-88(50-68-27-11-6-12-28-68)104(136)116-84-46-24-40-78(58-84)102(134)122-90(62-140-60-70-31-15-8-16-32-70)106(138)118-86-48-20-36-74(54-86)98(130)110-64(2)92(124)112-80-42-18-34-72(52-80)96(128)108-66(4)94(126)114-82-44-22-38-76(56-82)100(132)120-87(49-67-25-9-5-10-26-67)103(135)115-83-45-23-39-77(57-83)101(133)121-89(61-139-59-69-29-13-7-14-30-69)105(137)117-85-47-19-35-73(53-85)97(129)109-63/h5-48,51-58,63-66,87-90H,49-50,59-62H2,1-4H3,(H,107,127)(H,108,128)(H,109,129)(H,110,130)(H,111,123)(H,112,124)(H,113,125)(H,114,126)(H,115,135)(H,116,136)(H,117,137)(H,118,138)(H,119,131)(H,120,132)(H,121,133)(H,122,134)/t63-,64-,65-,66-,87-,88-,89-,90-/m0/s1. The zero-order valence-corrected chi connectivity index (χ0v) is 76.2. The second-order valence-electron chi connectivity index (χ2n) is 32.8. The van der Waals surface area contributed by atoms with E-state index in [9.17, 15) is 76.7 Å². The molecular formula is C106H100N16O18. The minimum Gasteiger partial charge on any atom is -0.374 e. The molecule has 13 rings (SSSR count). The van der Waals surface area contributed by atoms with Gasteiger partial charge in [-0.15, -0.1) is 0 Å². The molecule has 0 unspecified atom stereocenters. The normalized spacial score (nSPS) is 18.7. The molecule has 1 heterocycles. The number of hydrogen-bond acceptors (Lipinski definition) is 18. The van der Waals surface area contributed by atoms with E-state index in [0.29, 0.717) is 11.1 Å². The number of nitrogens with one attached hydrogen (secondary N) is 16. The third kappa shape index (κ3) is 29.1. The molecule has 12 aromatic rings. The van der Waals surface area contributed by atoms with Crippen LogP contribution in [-0.4, -0.2) is 156 Å². The Labute approximate surface area is 804 Å². The van der Waals surface area contributed by atoms with Crippen molar-refractivity contribution in [2.45, 2.75) is 102 Å². The van der Waals surface area contributed by atoms with Gasteiger partial charge in [0, 0.05) is 103 Å². The van der Waals surface area contributed by atoms with Gasteiger partial charge in [0.2, 0.25) is 47.3 Å². The molecule has 34 heteroatoms. The molecule has 712 valence electrons. The van der Waals surface area contributed by atoms with E-state index in [2.05, 4.69) is 85.1 Å². The van der Waals surface area contributed by atoms with E-state index >= 15 is 0 Å². The molecule has 0 fully saturated rings. The van der Waals surface area contributed by atoms with E-state index in [-0.39, 0.29) is 129 Å². The molecule has 0 aromatic heterocycles. The van der Waals surface area contributed by atoms with Crippen molar-refractivity contribution in [1.82, 2.24) is 42.5 Å². The molecule has 12 aromatic carbocycles. The first-order valence-electron chi connectivity index (χ1n) is 44.6. The SMILES string of the molecule is C[C@@H]1NC(=O)c2cccc(c2)NC(=O)[C@H](C)NC(=O)c2cccc(c2)NC(=O)[C@H](COCc2ccccc2)NC(=O)c2cccc(c2)NC(=O)[C@H](Cc2ccccc2)NC(=O)c2cccc(c2)NC(=O)[C@H](C)NC(=O)c2cccc(c2)NC(=O)[C@H](C)NC(=O)c2cccc(c2)NC(=O)[C@H](COCc2ccccc2)NC(=O)c2cccc(c2)NC(=O)[C@H](Cc2ccccc2)NC(=O)c2cccc(c2)NC1=O. The van der Waals surface area contributed by atoms with E-state index in [0.717, 1.165) is 11.1 Å². The van der Waals surface area contributed by atoms with Gasteiger partial charge in [0.05, 0.1) is 26.4 Å². The van der Waals surface area contributed by atoms with Crippen molar-refractivity contribution in [2.24, 2.45) is 0 Å². The maximum atomic E-state index is 14.5. The van der Waals surface area contributed by atoms with Crippen molar-refractivity contribution in [2.75, 3.05) is 55.7 Å². The monoisotopic (exact) mass is 1880 g/mol. The molecule has 16 bridgehead atoms. The predicted octanol–water partition coefficient (Wildman–Crippen LogP) is 10.9. The van der Waals surface area contributed by atoms with Crippen molar-refractivity contribution >= 4 is 140 Å². The van der Waals surface area contributed by atoms with Crippen LogP contribution in [0.5, 0.6) is 0 Å². The summed E-state index contributed by atoms with van der Waals surface area (Å²) in [6, 6.07) is 72.2. The largest absolute Gasteiger partial charge is 0.374 e. The van der Waals surface area contributed by atoms with E-state index in [1.807, 2.05) is 36.4 Å². The number of hydrogen-bond donors (Lipinski definition) is 16. The van der Waals surface area contributed by atoms with Crippen LogP contribution in [0.2, 0.25) is 0 Å². The minimum atomic E-state index is -1.38. The van der Waals surface area contributed by atoms with Crippen molar-refractivity contribution in [3.05, 3.63) is 382 Å². The van der Waals surface area contributed by atoms with Gasteiger partial charge in [0.15, 0.2) is 0 Å². The van der Waals surface area contributed by atoms with Gasteiger partial charge >= 0.3 is 0 Å². The third-order valence-corrected chi connectivity index (χ3v) is 21.9. The van der Waals surface area contributed by atoms with Crippen LogP contribution < -0.4 is 85.1 Å². The molecule has 0 aliphatic carbocycles. The number of fused-ring (bicyclic) bond motifs is 16. The zero-order valence-electron chi connectivity index (χ0n) is 76.2. The molecule has 16 amide bonds. The number of carbonyl (C=O) groups excluding carboxylic acids is 16. The van der Waals surface area contributed by atoms with Crippen molar-refractivity contribution < 1.29 is 86.2 Å². The van der Waals surface area contributed by atoms with Crippen LogP contribution >= 0.6 is 0 Å². The van der Waals surface area contributed by atoms with Gasteiger partial charge in [-0.05, 0) is 196 Å². The molecule has 140 heavy (non-hydrogen) atoms. The van der Waals surface area contributed by atoms with Crippen LogP contribution in [0.4, 0.5) is 45.5 Å². The van der Waals surface area contributed by atoms with E-state index in [1.54, 1.807) is 84.9 Å². The summed E-state index contributed by atoms with van der Waals surface area (Å²) in [5.74, 6) is -11.5. The lowest BCUT2D eigenvalue weighted by atomic mass is 10.0. The van der Waals surface area contributed by atoms with Crippen LogP contribution in [0.3, 0.4) is 0 Å². The lowest BCUT2D eigenvalue weighted by molar-refractivity contribution is -0.120. The Morgan fingerprint density at radius 3 is 0.564 bits per heavy atom. The Balaban J connectivity index is 0.719.